The molecule has 1 aromatic rings. The monoisotopic (exact) mass is 321 g/mol. The number of thioether (sulfide) groups is 1. The van der Waals surface area contributed by atoms with Gasteiger partial charge in [0.1, 0.15) is 0 Å². The summed E-state index contributed by atoms with van der Waals surface area (Å²) >= 11 is 4.94. The van der Waals surface area contributed by atoms with E-state index in [2.05, 4.69) is 15.9 Å². The Balaban J connectivity index is 2.13. The molecule has 2 rings (SSSR count). The van der Waals surface area contributed by atoms with Crippen molar-refractivity contribution in [2.75, 3.05) is 17.2 Å². The zero-order chi connectivity index (χ0) is 11.8. The van der Waals surface area contributed by atoms with E-state index in [0.717, 1.165) is 15.8 Å². The van der Waals surface area contributed by atoms with Gasteiger partial charge in [-0.2, -0.15) is 0 Å². The quantitative estimate of drug-likeness (QED) is 0.849. The van der Waals surface area contributed by atoms with Crippen molar-refractivity contribution >= 4 is 43.2 Å². The number of nitrogens with two attached hydrogens (primary N) is 1. The predicted octanol–water partition coefficient (Wildman–Crippen LogP) is 2.31. The van der Waals surface area contributed by atoms with Gasteiger partial charge < -0.3 is 5.73 Å². The fourth-order valence-corrected chi connectivity index (χ4v) is 5.74. The Morgan fingerprint density at radius 1 is 1.44 bits per heavy atom. The topological polar surface area (TPSA) is 60.2 Å². The Morgan fingerprint density at radius 2 is 2.19 bits per heavy atom. The van der Waals surface area contributed by atoms with E-state index in [4.69, 9.17) is 5.73 Å². The SMILES string of the molecule is Nc1ccc(Br)cc1SC1CCS(=O)(=O)C1. The molecule has 3 nitrogen and oxygen atoms in total. The first-order chi connectivity index (χ1) is 7.46. The van der Waals surface area contributed by atoms with Gasteiger partial charge in [0.15, 0.2) is 9.84 Å². The van der Waals surface area contributed by atoms with E-state index < -0.39 is 9.84 Å². The molecule has 88 valence electrons. The molecule has 0 aliphatic carbocycles. The van der Waals surface area contributed by atoms with Crippen LogP contribution in [-0.2, 0) is 9.84 Å². The Morgan fingerprint density at radius 3 is 2.81 bits per heavy atom. The maximum atomic E-state index is 11.3. The number of rotatable bonds is 2. The normalized spacial score (nSPS) is 23.4. The Hall–Kier alpha value is -0.200. The van der Waals surface area contributed by atoms with Gasteiger partial charge in [-0.3, -0.25) is 0 Å². The average Bonchev–Trinajstić information content (AvgIpc) is 2.52. The number of hydrogen-bond donors (Lipinski definition) is 1. The highest BCUT2D eigenvalue weighted by Crippen LogP contribution is 2.35. The first-order valence-electron chi connectivity index (χ1n) is 4.88. The van der Waals surface area contributed by atoms with Crippen molar-refractivity contribution in [2.24, 2.45) is 0 Å². The average molecular weight is 322 g/mol. The van der Waals surface area contributed by atoms with E-state index in [1.807, 2.05) is 18.2 Å². The smallest absolute Gasteiger partial charge is 0.151 e. The van der Waals surface area contributed by atoms with Crippen molar-refractivity contribution in [3.05, 3.63) is 22.7 Å². The second-order valence-electron chi connectivity index (χ2n) is 3.83. The predicted molar refractivity (Wildman–Crippen MR) is 71.5 cm³/mol. The summed E-state index contributed by atoms with van der Waals surface area (Å²) in [6.45, 7) is 0. The summed E-state index contributed by atoms with van der Waals surface area (Å²) in [5, 5.41) is 0.140. The van der Waals surface area contributed by atoms with Crippen LogP contribution in [0.1, 0.15) is 6.42 Å². The lowest BCUT2D eigenvalue weighted by molar-refractivity contribution is 0.602. The summed E-state index contributed by atoms with van der Waals surface area (Å²) in [5.74, 6) is 0.572. The van der Waals surface area contributed by atoms with Crippen molar-refractivity contribution in [1.82, 2.24) is 0 Å². The van der Waals surface area contributed by atoms with Gasteiger partial charge >= 0.3 is 0 Å². The number of hydrogen-bond acceptors (Lipinski definition) is 4. The van der Waals surface area contributed by atoms with Crippen LogP contribution < -0.4 is 5.73 Å². The minimum atomic E-state index is -2.81. The van der Waals surface area contributed by atoms with E-state index in [0.29, 0.717) is 11.4 Å². The summed E-state index contributed by atoms with van der Waals surface area (Å²) in [5.41, 5.74) is 6.55. The molecule has 0 spiro atoms. The molecule has 1 unspecified atom stereocenters. The van der Waals surface area contributed by atoms with Gasteiger partial charge in [-0.25, -0.2) is 8.42 Å². The van der Waals surface area contributed by atoms with Gasteiger partial charge in [0.25, 0.3) is 0 Å². The molecule has 2 N–H and O–H groups in total. The number of benzene rings is 1. The van der Waals surface area contributed by atoms with Gasteiger partial charge in [0.2, 0.25) is 0 Å². The van der Waals surface area contributed by atoms with E-state index in [1.54, 1.807) is 11.8 Å². The summed E-state index contributed by atoms with van der Waals surface area (Å²) in [7, 11) is -2.81. The highest BCUT2D eigenvalue weighted by molar-refractivity contribution is 9.10. The molecule has 1 fully saturated rings. The minimum absolute atomic E-state index is 0.140. The van der Waals surface area contributed by atoms with Crippen molar-refractivity contribution in [3.8, 4) is 0 Å². The Kier molecular flexibility index (Phi) is 3.51. The van der Waals surface area contributed by atoms with Crippen LogP contribution in [0.3, 0.4) is 0 Å². The molecule has 1 aliphatic heterocycles. The highest BCUT2D eigenvalue weighted by Gasteiger charge is 2.28. The second-order valence-corrected chi connectivity index (χ2v) is 8.31. The maximum absolute atomic E-state index is 11.3. The van der Waals surface area contributed by atoms with Crippen LogP contribution in [-0.4, -0.2) is 25.2 Å². The van der Waals surface area contributed by atoms with Crippen molar-refractivity contribution < 1.29 is 8.42 Å². The van der Waals surface area contributed by atoms with Crippen LogP contribution in [0.4, 0.5) is 5.69 Å². The molecule has 1 atom stereocenters. The fourth-order valence-electron chi connectivity index (χ4n) is 1.64. The van der Waals surface area contributed by atoms with Gasteiger partial charge in [0.05, 0.1) is 11.5 Å². The summed E-state index contributed by atoms with van der Waals surface area (Å²) in [6.07, 6.45) is 0.721. The molecular weight excluding hydrogens is 310 g/mol. The molecule has 1 aliphatic rings. The molecule has 0 aromatic heterocycles. The van der Waals surface area contributed by atoms with Crippen LogP contribution in [0.25, 0.3) is 0 Å². The van der Waals surface area contributed by atoms with E-state index in [-0.39, 0.29) is 11.0 Å². The minimum Gasteiger partial charge on any atom is -0.398 e. The van der Waals surface area contributed by atoms with Gasteiger partial charge in [-0.1, -0.05) is 15.9 Å². The number of anilines is 1. The van der Waals surface area contributed by atoms with Crippen molar-refractivity contribution in [3.63, 3.8) is 0 Å². The van der Waals surface area contributed by atoms with Crippen LogP contribution >= 0.6 is 27.7 Å². The lowest BCUT2D eigenvalue weighted by atomic mass is 10.3. The summed E-state index contributed by atoms with van der Waals surface area (Å²) in [4.78, 5) is 0.955. The highest BCUT2D eigenvalue weighted by atomic mass is 79.9. The molecule has 16 heavy (non-hydrogen) atoms. The fraction of sp³-hybridized carbons (Fsp3) is 0.400. The van der Waals surface area contributed by atoms with Crippen LogP contribution in [0.2, 0.25) is 0 Å². The van der Waals surface area contributed by atoms with Crippen LogP contribution in [0, 0.1) is 0 Å². The largest absolute Gasteiger partial charge is 0.398 e. The zero-order valence-electron chi connectivity index (χ0n) is 8.52. The second kappa shape index (κ2) is 4.58. The van der Waals surface area contributed by atoms with Gasteiger partial charge in [-0.05, 0) is 24.6 Å². The molecule has 1 aromatic carbocycles. The lowest BCUT2D eigenvalue weighted by Gasteiger charge is -2.10. The molecule has 0 amide bonds. The lowest BCUT2D eigenvalue weighted by Crippen LogP contribution is -2.06. The zero-order valence-corrected chi connectivity index (χ0v) is 11.7. The van der Waals surface area contributed by atoms with Crippen molar-refractivity contribution in [1.29, 1.82) is 0 Å². The first-order valence-corrected chi connectivity index (χ1v) is 8.38. The molecule has 0 saturated carbocycles. The summed E-state index contributed by atoms with van der Waals surface area (Å²) < 4.78 is 23.6. The molecular formula is C10H12BrNO2S2. The van der Waals surface area contributed by atoms with Gasteiger partial charge in [-0.15, -0.1) is 11.8 Å². The standard InChI is InChI=1S/C10H12BrNO2S2/c11-7-1-2-9(12)10(5-7)15-8-3-4-16(13,14)6-8/h1-2,5,8H,3-4,6,12H2. The molecule has 1 saturated heterocycles. The third-order valence-electron chi connectivity index (χ3n) is 2.46. The Labute approximate surface area is 108 Å². The first kappa shape index (κ1) is 12.3. The number of halogens is 1. The molecule has 0 bridgehead atoms. The van der Waals surface area contributed by atoms with Crippen molar-refractivity contribution in [2.45, 2.75) is 16.6 Å². The van der Waals surface area contributed by atoms with E-state index >= 15 is 0 Å². The number of sulfone groups is 1. The van der Waals surface area contributed by atoms with Crippen LogP contribution in [0.15, 0.2) is 27.6 Å². The van der Waals surface area contributed by atoms with Crippen LogP contribution in [0.5, 0.6) is 0 Å². The molecule has 6 heteroatoms. The molecule has 1 heterocycles. The molecule has 0 radical (unpaired) electrons. The Bertz CT molecular complexity index is 502. The summed E-state index contributed by atoms with van der Waals surface area (Å²) in [6, 6.07) is 5.64. The van der Waals surface area contributed by atoms with E-state index in [9.17, 15) is 8.42 Å². The van der Waals surface area contributed by atoms with E-state index in [1.165, 1.54) is 0 Å². The third kappa shape index (κ3) is 2.93. The third-order valence-corrected chi connectivity index (χ3v) is 6.28. The van der Waals surface area contributed by atoms with Gasteiger partial charge in [0, 0.05) is 20.3 Å². The maximum Gasteiger partial charge on any atom is 0.151 e. The number of nitrogen functional groups attached to an aromatic ring is 1.